The summed E-state index contributed by atoms with van der Waals surface area (Å²) in [6.07, 6.45) is 0.0613. The van der Waals surface area contributed by atoms with Gasteiger partial charge < -0.3 is 10.0 Å². The molecule has 0 aromatic heterocycles. The van der Waals surface area contributed by atoms with Crippen molar-refractivity contribution in [2.75, 3.05) is 20.1 Å². The van der Waals surface area contributed by atoms with Crippen LogP contribution in [0.1, 0.15) is 0 Å². The standard InChI is InChI=1S/C6H11NO/c1-7-2-4-5(3-7)6(4)8/h4-6,8H,2-3H2,1H3/t4-,5+,6?. The van der Waals surface area contributed by atoms with Crippen molar-refractivity contribution in [2.24, 2.45) is 11.8 Å². The third-order valence-corrected chi connectivity index (χ3v) is 2.33. The van der Waals surface area contributed by atoms with E-state index in [4.69, 9.17) is 5.11 Å². The Kier molecular flexibility index (Phi) is 0.746. The Morgan fingerprint density at radius 2 is 1.88 bits per heavy atom. The third kappa shape index (κ3) is 0.446. The van der Waals surface area contributed by atoms with Gasteiger partial charge in [-0.1, -0.05) is 0 Å². The second kappa shape index (κ2) is 1.25. The molecule has 2 heteroatoms. The van der Waals surface area contributed by atoms with E-state index in [2.05, 4.69) is 11.9 Å². The Hall–Kier alpha value is -0.0800. The molecular weight excluding hydrogens is 102 g/mol. The first-order valence-corrected chi connectivity index (χ1v) is 3.15. The molecule has 0 radical (unpaired) electrons. The van der Waals surface area contributed by atoms with Crippen LogP contribution in [0.25, 0.3) is 0 Å². The summed E-state index contributed by atoms with van der Waals surface area (Å²) in [6.45, 7) is 2.23. The molecule has 0 aromatic rings. The molecule has 46 valence electrons. The summed E-state index contributed by atoms with van der Waals surface area (Å²) in [7, 11) is 2.11. The van der Waals surface area contributed by atoms with E-state index < -0.39 is 0 Å². The SMILES string of the molecule is CN1C[C@@H]2C(O)[C@@H]2C1. The summed E-state index contributed by atoms with van der Waals surface area (Å²) < 4.78 is 0. The van der Waals surface area contributed by atoms with Crippen molar-refractivity contribution < 1.29 is 5.11 Å². The highest BCUT2D eigenvalue weighted by Crippen LogP contribution is 2.44. The minimum Gasteiger partial charge on any atom is -0.392 e. The van der Waals surface area contributed by atoms with Crippen LogP contribution in [0.5, 0.6) is 0 Å². The maximum absolute atomic E-state index is 9.04. The normalized spacial score (nSPS) is 54.0. The molecule has 0 amide bonds. The number of aliphatic hydroxyl groups is 1. The van der Waals surface area contributed by atoms with Gasteiger partial charge in [-0.3, -0.25) is 0 Å². The highest BCUT2D eigenvalue weighted by molar-refractivity contribution is 5.04. The first-order valence-electron chi connectivity index (χ1n) is 3.15. The Balaban J connectivity index is 2.00. The lowest BCUT2D eigenvalue weighted by molar-refractivity contribution is 0.203. The first-order chi connectivity index (χ1) is 3.79. The van der Waals surface area contributed by atoms with Gasteiger partial charge in [0, 0.05) is 24.9 Å². The van der Waals surface area contributed by atoms with E-state index in [1.54, 1.807) is 0 Å². The minimum absolute atomic E-state index is 0.0613. The number of nitrogens with zero attached hydrogens (tertiary/aromatic N) is 1. The van der Waals surface area contributed by atoms with Crippen LogP contribution in [0, 0.1) is 11.8 Å². The number of rotatable bonds is 0. The van der Waals surface area contributed by atoms with Crippen LogP contribution in [0.3, 0.4) is 0 Å². The average molecular weight is 113 g/mol. The monoisotopic (exact) mass is 113 g/mol. The molecule has 1 saturated carbocycles. The van der Waals surface area contributed by atoms with Gasteiger partial charge in [-0.2, -0.15) is 0 Å². The topological polar surface area (TPSA) is 23.5 Å². The number of aliphatic hydroxyl groups excluding tert-OH is 1. The maximum atomic E-state index is 9.04. The smallest absolute Gasteiger partial charge is 0.0629 e. The van der Waals surface area contributed by atoms with Gasteiger partial charge in [0.1, 0.15) is 0 Å². The van der Waals surface area contributed by atoms with E-state index in [0.717, 1.165) is 13.1 Å². The Labute approximate surface area is 49.1 Å². The molecular formula is C6H11NO. The molecule has 1 unspecified atom stereocenters. The maximum Gasteiger partial charge on any atom is 0.0629 e. The molecule has 0 bridgehead atoms. The Bertz CT molecular complexity index is 103. The average Bonchev–Trinajstić information content (AvgIpc) is 2.29. The molecule has 8 heavy (non-hydrogen) atoms. The first kappa shape index (κ1) is 4.77. The van der Waals surface area contributed by atoms with E-state index in [9.17, 15) is 0 Å². The molecule has 2 rings (SSSR count). The van der Waals surface area contributed by atoms with E-state index in [0.29, 0.717) is 11.8 Å². The second-order valence-corrected chi connectivity index (χ2v) is 3.04. The predicted molar refractivity (Wildman–Crippen MR) is 30.5 cm³/mol. The molecule has 3 atom stereocenters. The van der Waals surface area contributed by atoms with Gasteiger partial charge in [-0.15, -0.1) is 0 Å². The summed E-state index contributed by atoms with van der Waals surface area (Å²) in [5.74, 6) is 1.28. The van der Waals surface area contributed by atoms with Crippen molar-refractivity contribution in [3.63, 3.8) is 0 Å². The summed E-state index contributed by atoms with van der Waals surface area (Å²) in [5.41, 5.74) is 0. The van der Waals surface area contributed by atoms with Crippen LogP contribution in [-0.4, -0.2) is 36.2 Å². The van der Waals surface area contributed by atoms with Crippen molar-refractivity contribution >= 4 is 0 Å². The van der Waals surface area contributed by atoms with Crippen LogP contribution < -0.4 is 0 Å². The van der Waals surface area contributed by atoms with Crippen molar-refractivity contribution in [3.8, 4) is 0 Å². The molecule has 0 spiro atoms. The quantitative estimate of drug-likeness (QED) is 0.459. The lowest BCUT2D eigenvalue weighted by atomic mass is 10.4. The number of piperidine rings is 1. The number of hydrogen-bond acceptors (Lipinski definition) is 2. The molecule has 1 saturated heterocycles. The lowest BCUT2D eigenvalue weighted by Crippen LogP contribution is -2.20. The summed E-state index contributed by atoms with van der Waals surface area (Å²) in [5, 5.41) is 9.04. The van der Waals surface area contributed by atoms with Crippen molar-refractivity contribution in [3.05, 3.63) is 0 Å². The summed E-state index contributed by atoms with van der Waals surface area (Å²) in [6, 6.07) is 0. The molecule has 2 nitrogen and oxygen atoms in total. The van der Waals surface area contributed by atoms with E-state index in [1.807, 2.05) is 0 Å². The van der Waals surface area contributed by atoms with Gasteiger partial charge in [-0.25, -0.2) is 0 Å². The zero-order valence-electron chi connectivity index (χ0n) is 5.04. The van der Waals surface area contributed by atoms with Gasteiger partial charge in [-0.05, 0) is 7.05 Å². The zero-order chi connectivity index (χ0) is 5.72. The zero-order valence-corrected chi connectivity index (χ0v) is 5.04. The highest BCUT2D eigenvalue weighted by Gasteiger charge is 2.53. The fourth-order valence-electron chi connectivity index (χ4n) is 1.71. The Morgan fingerprint density at radius 3 is 2.25 bits per heavy atom. The fourth-order valence-corrected chi connectivity index (χ4v) is 1.71. The predicted octanol–water partition coefficient (Wildman–Crippen LogP) is -0.461. The molecule has 0 aromatic carbocycles. The van der Waals surface area contributed by atoms with Gasteiger partial charge >= 0.3 is 0 Å². The van der Waals surface area contributed by atoms with Crippen LogP contribution in [-0.2, 0) is 0 Å². The van der Waals surface area contributed by atoms with Crippen LogP contribution in [0.4, 0.5) is 0 Å². The fraction of sp³-hybridized carbons (Fsp3) is 1.00. The van der Waals surface area contributed by atoms with Gasteiger partial charge in [0.15, 0.2) is 0 Å². The van der Waals surface area contributed by atoms with E-state index in [-0.39, 0.29) is 6.10 Å². The van der Waals surface area contributed by atoms with Gasteiger partial charge in [0.2, 0.25) is 0 Å². The van der Waals surface area contributed by atoms with E-state index in [1.165, 1.54) is 0 Å². The molecule has 1 aliphatic carbocycles. The lowest BCUT2D eigenvalue weighted by Gasteiger charge is -2.09. The third-order valence-electron chi connectivity index (χ3n) is 2.33. The second-order valence-electron chi connectivity index (χ2n) is 3.04. The molecule has 1 heterocycles. The molecule has 1 N–H and O–H groups in total. The number of hydrogen-bond donors (Lipinski definition) is 1. The summed E-state index contributed by atoms with van der Waals surface area (Å²) >= 11 is 0. The van der Waals surface area contributed by atoms with Crippen molar-refractivity contribution in [1.82, 2.24) is 4.90 Å². The highest BCUT2D eigenvalue weighted by atomic mass is 16.3. The summed E-state index contributed by atoms with van der Waals surface area (Å²) in [4.78, 5) is 2.28. The number of fused-ring (bicyclic) bond motifs is 1. The van der Waals surface area contributed by atoms with Crippen LogP contribution >= 0.6 is 0 Å². The Morgan fingerprint density at radius 1 is 1.38 bits per heavy atom. The molecule has 2 fully saturated rings. The van der Waals surface area contributed by atoms with Crippen LogP contribution in [0.2, 0.25) is 0 Å². The number of likely N-dealkylation sites (tertiary alicyclic amines) is 1. The van der Waals surface area contributed by atoms with Crippen LogP contribution in [0.15, 0.2) is 0 Å². The molecule has 2 aliphatic rings. The largest absolute Gasteiger partial charge is 0.392 e. The van der Waals surface area contributed by atoms with Crippen molar-refractivity contribution in [2.45, 2.75) is 6.10 Å². The van der Waals surface area contributed by atoms with Crippen molar-refractivity contribution in [1.29, 1.82) is 0 Å². The minimum atomic E-state index is 0.0613. The van der Waals surface area contributed by atoms with E-state index >= 15 is 0 Å². The molecule has 1 aliphatic heterocycles. The van der Waals surface area contributed by atoms with Gasteiger partial charge in [0.05, 0.1) is 6.10 Å². The van der Waals surface area contributed by atoms with Gasteiger partial charge in [0.25, 0.3) is 0 Å².